The minimum absolute atomic E-state index is 0.159. The first-order valence-corrected chi connectivity index (χ1v) is 6.09. The molecule has 0 atom stereocenters. The number of hydrogen-bond acceptors (Lipinski definition) is 6. The maximum atomic E-state index is 11.1. The van der Waals surface area contributed by atoms with E-state index in [4.69, 9.17) is 11.7 Å². The highest BCUT2D eigenvalue weighted by molar-refractivity contribution is 8.14. The van der Waals surface area contributed by atoms with E-state index in [1.807, 2.05) is 25.9 Å². The highest BCUT2D eigenvalue weighted by Crippen LogP contribution is 2.06. The van der Waals surface area contributed by atoms with E-state index in [0.29, 0.717) is 23.9 Å². The van der Waals surface area contributed by atoms with Gasteiger partial charge >= 0.3 is 0 Å². The minimum Gasteiger partial charge on any atom is -0.321 e. The van der Waals surface area contributed by atoms with Gasteiger partial charge in [0, 0.05) is 19.5 Å². The highest BCUT2D eigenvalue weighted by Gasteiger charge is 2.10. The van der Waals surface area contributed by atoms with Crippen LogP contribution in [0.5, 0.6) is 0 Å². The second kappa shape index (κ2) is 8.37. The predicted octanol–water partition coefficient (Wildman–Crippen LogP) is -0.334. The van der Waals surface area contributed by atoms with Crippen LogP contribution in [-0.4, -0.2) is 53.8 Å². The number of carbonyl (C=O) groups is 1. The van der Waals surface area contributed by atoms with Crippen molar-refractivity contribution in [1.82, 2.24) is 9.91 Å². The average Bonchev–Trinajstić information content (AvgIpc) is 2.26. The quantitative estimate of drug-likeness (QED) is 0.289. The third kappa shape index (κ3) is 6.65. The first-order valence-electron chi connectivity index (χ1n) is 5.10. The molecule has 0 fully saturated rings. The minimum atomic E-state index is 0.159. The van der Waals surface area contributed by atoms with Crippen LogP contribution < -0.4 is 11.7 Å². The molecule has 0 unspecified atom stereocenters. The number of nitrogens with zero attached hydrogens (tertiary/aromatic N) is 3. The number of rotatable bonds is 6. The van der Waals surface area contributed by atoms with Crippen molar-refractivity contribution in [2.75, 3.05) is 32.9 Å². The molecule has 0 aliphatic rings. The zero-order chi connectivity index (χ0) is 12.6. The van der Waals surface area contributed by atoms with Crippen LogP contribution in [0.4, 0.5) is 0 Å². The summed E-state index contributed by atoms with van der Waals surface area (Å²) >= 11 is 1.27. The largest absolute Gasteiger partial charge is 0.321 e. The molecular formula is C9H21N5OS. The number of hydrazine groups is 1. The number of carbonyl (C=O) groups excluding carboxylic acids is 1. The van der Waals surface area contributed by atoms with E-state index in [0.717, 1.165) is 6.54 Å². The van der Waals surface area contributed by atoms with Crippen molar-refractivity contribution in [3.05, 3.63) is 0 Å². The molecule has 0 radical (unpaired) electrons. The normalized spacial score (nSPS) is 11.9. The lowest BCUT2D eigenvalue weighted by Crippen LogP contribution is -2.41. The number of thioether (sulfide) groups is 1. The Morgan fingerprint density at radius 3 is 2.44 bits per heavy atom. The maximum absolute atomic E-state index is 11.1. The van der Waals surface area contributed by atoms with E-state index in [1.165, 1.54) is 16.8 Å². The van der Waals surface area contributed by atoms with Crippen LogP contribution in [0, 0.1) is 0 Å². The van der Waals surface area contributed by atoms with Crippen LogP contribution >= 0.6 is 11.8 Å². The lowest BCUT2D eigenvalue weighted by molar-refractivity contribution is -0.116. The van der Waals surface area contributed by atoms with Gasteiger partial charge in [0.25, 0.3) is 0 Å². The summed E-state index contributed by atoms with van der Waals surface area (Å²) in [6.07, 6.45) is 0.521. The first kappa shape index (κ1) is 15.2. The van der Waals surface area contributed by atoms with Gasteiger partial charge in [0.15, 0.2) is 5.17 Å². The fraction of sp³-hybridized carbons (Fsp3) is 0.778. The highest BCUT2D eigenvalue weighted by atomic mass is 32.2. The molecule has 0 aromatic rings. The Hall–Kier alpha value is -0.790. The van der Waals surface area contributed by atoms with E-state index < -0.39 is 0 Å². The molecule has 0 bridgehead atoms. The Kier molecular flexibility index (Phi) is 7.96. The van der Waals surface area contributed by atoms with Crippen molar-refractivity contribution in [2.45, 2.75) is 13.3 Å². The Labute approximate surface area is 101 Å². The summed E-state index contributed by atoms with van der Waals surface area (Å²) in [5, 5.41) is 5.54. The van der Waals surface area contributed by atoms with Gasteiger partial charge < -0.3 is 10.7 Å². The Morgan fingerprint density at radius 2 is 2.00 bits per heavy atom. The molecule has 0 saturated carbocycles. The summed E-state index contributed by atoms with van der Waals surface area (Å²) in [6.45, 7) is 3.25. The van der Waals surface area contributed by atoms with Gasteiger partial charge in [-0.05, 0) is 14.1 Å². The zero-order valence-electron chi connectivity index (χ0n) is 10.1. The molecule has 0 spiro atoms. The van der Waals surface area contributed by atoms with Crippen LogP contribution in [0.25, 0.3) is 0 Å². The predicted molar refractivity (Wildman–Crippen MR) is 68.8 cm³/mol. The molecule has 7 heteroatoms. The van der Waals surface area contributed by atoms with Gasteiger partial charge in [-0.3, -0.25) is 9.80 Å². The second-order valence-corrected chi connectivity index (χ2v) is 4.53. The summed E-state index contributed by atoms with van der Waals surface area (Å²) in [4.78, 5) is 13.1. The smallest absolute Gasteiger partial charge is 0.197 e. The summed E-state index contributed by atoms with van der Waals surface area (Å²) in [5.41, 5.74) is 0. The van der Waals surface area contributed by atoms with Crippen LogP contribution in [0.15, 0.2) is 5.10 Å². The van der Waals surface area contributed by atoms with Crippen LogP contribution in [0.3, 0.4) is 0 Å². The van der Waals surface area contributed by atoms with Gasteiger partial charge in [-0.15, -0.1) is 0 Å². The van der Waals surface area contributed by atoms with Crippen molar-refractivity contribution in [3.8, 4) is 0 Å². The first-order chi connectivity index (χ1) is 7.51. The molecule has 4 N–H and O–H groups in total. The third-order valence-corrected chi connectivity index (χ3v) is 2.97. The summed E-state index contributed by atoms with van der Waals surface area (Å²) < 4.78 is 0. The number of Topliss-reactive ketones (excluding diaryl/α,β-unsaturated/α-hetero) is 1. The van der Waals surface area contributed by atoms with E-state index in [1.54, 1.807) is 0 Å². The van der Waals surface area contributed by atoms with Crippen LogP contribution in [0.2, 0.25) is 0 Å². The number of hydrazone groups is 1. The zero-order valence-corrected chi connectivity index (χ0v) is 11.0. The molecule has 16 heavy (non-hydrogen) atoms. The van der Waals surface area contributed by atoms with Crippen molar-refractivity contribution in [1.29, 1.82) is 0 Å². The van der Waals surface area contributed by atoms with E-state index in [9.17, 15) is 4.79 Å². The van der Waals surface area contributed by atoms with Gasteiger partial charge in [-0.1, -0.05) is 18.7 Å². The molecule has 0 aliphatic heterocycles. The van der Waals surface area contributed by atoms with Crippen LogP contribution in [0.1, 0.15) is 13.3 Å². The van der Waals surface area contributed by atoms with E-state index in [-0.39, 0.29) is 5.78 Å². The summed E-state index contributed by atoms with van der Waals surface area (Å²) in [5.74, 6) is 11.5. The van der Waals surface area contributed by atoms with Gasteiger partial charge in [-0.2, -0.15) is 5.10 Å². The van der Waals surface area contributed by atoms with Gasteiger partial charge in [0.05, 0.1) is 5.75 Å². The number of hydrogen-bond donors (Lipinski definition) is 2. The number of likely N-dealkylation sites (N-methyl/N-ethyl adjacent to an activating group) is 1. The van der Waals surface area contributed by atoms with Gasteiger partial charge in [0.2, 0.25) is 0 Å². The average molecular weight is 247 g/mol. The molecule has 6 nitrogen and oxygen atoms in total. The molecule has 0 aromatic heterocycles. The Morgan fingerprint density at radius 1 is 1.38 bits per heavy atom. The lowest BCUT2D eigenvalue weighted by atomic mass is 10.4. The van der Waals surface area contributed by atoms with E-state index in [2.05, 4.69) is 5.10 Å². The van der Waals surface area contributed by atoms with Crippen LogP contribution in [-0.2, 0) is 4.79 Å². The standard InChI is InChI=1S/C9H21N5OS/c1-4-8(15)7-16-9(12-10)14(11)6-5-13(2)3/h4-7,10-11H2,1-3H3/b12-9+. The van der Waals surface area contributed by atoms with Crippen molar-refractivity contribution >= 4 is 22.7 Å². The molecular weight excluding hydrogens is 226 g/mol. The Balaban J connectivity index is 4.03. The SMILES string of the molecule is CCC(=O)CS/C(=N/N)N(N)CCN(C)C. The molecule has 94 valence electrons. The number of amidine groups is 1. The topological polar surface area (TPSA) is 88.0 Å². The van der Waals surface area contributed by atoms with E-state index >= 15 is 0 Å². The van der Waals surface area contributed by atoms with Crippen molar-refractivity contribution in [3.63, 3.8) is 0 Å². The summed E-state index contributed by atoms with van der Waals surface area (Å²) in [6, 6.07) is 0. The Bertz CT molecular complexity index is 244. The molecule has 0 aliphatic carbocycles. The van der Waals surface area contributed by atoms with Crippen molar-refractivity contribution in [2.24, 2.45) is 16.8 Å². The monoisotopic (exact) mass is 247 g/mol. The fourth-order valence-electron chi connectivity index (χ4n) is 0.845. The fourth-order valence-corrected chi connectivity index (χ4v) is 1.67. The molecule has 0 aromatic carbocycles. The van der Waals surface area contributed by atoms with Crippen molar-refractivity contribution < 1.29 is 4.79 Å². The van der Waals surface area contributed by atoms with Gasteiger partial charge in [-0.25, -0.2) is 5.84 Å². The maximum Gasteiger partial charge on any atom is 0.197 e. The third-order valence-electron chi connectivity index (χ3n) is 1.90. The molecule has 0 amide bonds. The second-order valence-electron chi connectivity index (χ2n) is 3.59. The number of ketones is 1. The number of nitrogens with two attached hydrogens (primary N) is 2. The molecule has 0 heterocycles. The molecule has 0 rings (SSSR count). The summed E-state index contributed by atoms with van der Waals surface area (Å²) in [7, 11) is 3.92. The van der Waals surface area contributed by atoms with Gasteiger partial charge in [0.1, 0.15) is 5.78 Å². The lowest BCUT2D eigenvalue weighted by Gasteiger charge is -2.21. The molecule has 0 saturated heterocycles.